The Balaban J connectivity index is 1.88. The van der Waals surface area contributed by atoms with Crippen LogP contribution in [0.15, 0.2) is 36.7 Å². The Morgan fingerprint density at radius 2 is 2.10 bits per heavy atom. The number of thiazole rings is 1. The monoisotopic (exact) mass is 299 g/mol. The second-order valence-electron chi connectivity index (χ2n) is 4.43. The van der Waals surface area contributed by atoms with E-state index in [4.69, 9.17) is 4.74 Å². The topological polar surface area (TPSA) is 52.3 Å². The zero-order valence-electron chi connectivity index (χ0n) is 10.9. The van der Waals surface area contributed by atoms with E-state index in [1.807, 2.05) is 22.7 Å². The van der Waals surface area contributed by atoms with Gasteiger partial charge in [-0.2, -0.15) is 4.39 Å². The van der Waals surface area contributed by atoms with E-state index in [2.05, 4.69) is 15.0 Å². The van der Waals surface area contributed by atoms with Crippen molar-refractivity contribution >= 4 is 26.6 Å². The molecule has 4 aromatic rings. The van der Waals surface area contributed by atoms with Crippen LogP contribution >= 0.6 is 11.3 Å². The van der Waals surface area contributed by atoms with Crippen LogP contribution in [0.5, 0.6) is 5.88 Å². The molecule has 0 atom stereocenters. The molecule has 0 aromatic carbocycles. The number of nitrogens with zero attached hydrogens (tertiary/aromatic N) is 4. The van der Waals surface area contributed by atoms with Crippen LogP contribution in [0.4, 0.5) is 4.39 Å². The largest absolute Gasteiger partial charge is 0.481 e. The Bertz CT molecular complexity index is 945. The SMILES string of the molecule is COc1ccc2c(n1)sc1nc(-c3ccc([18F])nc3)cn12. The molecule has 4 rings (SSSR count). The molecule has 0 unspecified atom stereocenters. The lowest BCUT2D eigenvalue weighted by molar-refractivity contribution is 0.400. The van der Waals surface area contributed by atoms with Gasteiger partial charge < -0.3 is 4.74 Å². The van der Waals surface area contributed by atoms with Crippen molar-refractivity contribution in [3.8, 4) is 17.1 Å². The van der Waals surface area contributed by atoms with Gasteiger partial charge in [-0.1, -0.05) is 11.3 Å². The first-order chi connectivity index (χ1) is 10.2. The zero-order valence-corrected chi connectivity index (χ0v) is 11.8. The lowest BCUT2D eigenvalue weighted by Gasteiger charge is -1.97. The Hall–Kier alpha value is -2.54. The highest BCUT2D eigenvalue weighted by Gasteiger charge is 2.12. The van der Waals surface area contributed by atoms with Crippen LogP contribution in [0.3, 0.4) is 0 Å². The first-order valence-corrected chi connectivity index (χ1v) is 7.01. The van der Waals surface area contributed by atoms with Crippen molar-refractivity contribution in [2.24, 2.45) is 0 Å². The second-order valence-corrected chi connectivity index (χ2v) is 5.38. The summed E-state index contributed by atoms with van der Waals surface area (Å²) in [5, 5.41) is 0. The third-order valence-electron chi connectivity index (χ3n) is 3.17. The highest BCUT2D eigenvalue weighted by atomic mass is 32.1. The molecular formula is C14H9FN4OS. The molecule has 0 saturated carbocycles. The summed E-state index contributed by atoms with van der Waals surface area (Å²) in [5.74, 6) is 0.0801. The fourth-order valence-corrected chi connectivity index (χ4v) is 3.12. The number of hydrogen-bond acceptors (Lipinski definition) is 5. The Morgan fingerprint density at radius 3 is 2.86 bits per heavy atom. The first kappa shape index (κ1) is 12.2. The fraction of sp³-hybridized carbons (Fsp3) is 0.0714. The molecule has 5 nitrogen and oxygen atoms in total. The van der Waals surface area contributed by atoms with Crippen molar-refractivity contribution < 1.29 is 9.13 Å². The van der Waals surface area contributed by atoms with Crippen molar-refractivity contribution in [3.63, 3.8) is 0 Å². The average Bonchev–Trinajstić information content (AvgIpc) is 3.04. The minimum absolute atomic E-state index is 0.499. The lowest BCUT2D eigenvalue weighted by atomic mass is 10.2. The zero-order chi connectivity index (χ0) is 14.4. The molecule has 0 saturated heterocycles. The van der Waals surface area contributed by atoms with Gasteiger partial charge in [-0.25, -0.2) is 15.0 Å². The number of rotatable bonds is 2. The Morgan fingerprint density at radius 1 is 1.19 bits per heavy atom. The quantitative estimate of drug-likeness (QED) is 0.534. The maximum absolute atomic E-state index is 12.9. The summed E-state index contributed by atoms with van der Waals surface area (Å²) in [4.78, 5) is 14.3. The van der Waals surface area contributed by atoms with Crippen molar-refractivity contribution in [1.82, 2.24) is 19.4 Å². The molecule has 0 fully saturated rings. The molecule has 0 spiro atoms. The highest BCUT2D eigenvalue weighted by Crippen LogP contribution is 2.29. The molecule has 0 amide bonds. The van der Waals surface area contributed by atoms with E-state index in [1.54, 1.807) is 13.2 Å². The summed E-state index contributed by atoms with van der Waals surface area (Å²) >= 11 is 1.48. The van der Waals surface area contributed by atoms with Crippen LogP contribution in [0.1, 0.15) is 0 Å². The van der Waals surface area contributed by atoms with Gasteiger partial charge >= 0.3 is 0 Å². The van der Waals surface area contributed by atoms with Gasteiger partial charge in [-0.3, -0.25) is 4.40 Å². The molecule has 0 aliphatic rings. The van der Waals surface area contributed by atoms with Crippen LogP contribution in [0.25, 0.3) is 26.6 Å². The minimum Gasteiger partial charge on any atom is -0.481 e. The molecule has 4 heterocycles. The number of pyridine rings is 2. The van der Waals surface area contributed by atoms with E-state index < -0.39 is 5.95 Å². The fourth-order valence-electron chi connectivity index (χ4n) is 2.15. The van der Waals surface area contributed by atoms with Crippen molar-refractivity contribution in [3.05, 3.63) is 42.6 Å². The van der Waals surface area contributed by atoms with Gasteiger partial charge in [-0.05, 0) is 18.2 Å². The predicted molar refractivity (Wildman–Crippen MR) is 78.1 cm³/mol. The van der Waals surface area contributed by atoms with Crippen LogP contribution in [-0.2, 0) is 0 Å². The maximum atomic E-state index is 12.9. The summed E-state index contributed by atoms with van der Waals surface area (Å²) in [6, 6.07) is 6.75. The Kier molecular flexibility index (Phi) is 2.61. The van der Waals surface area contributed by atoms with Gasteiger partial charge in [0.2, 0.25) is 11.8 Å². The predicted octanol–water partition coefficient (Wildman–Crippen LogP) is 3.15. The number of aromatic nitrogens is 4. The van der Waals surface area contributed by atoms with Crippen LogP contribution < -0.4 is 4.74 Å². The number of halogens is 1. The molecule has 0 bridgehead atoms. The van der Waals surface area contributed by atoms with Gasteiger partial charge in [0.25, 0.3) is 0 Å². The summed E-state index contributed by atoms with van der Waals surface area (Å²) in [6.45, 7) is 0. The minimum atomic E-state index is -0.499. The molecular weight excluding hydrogens is 290 g/mol. The standard InChI is InChI=1S/C14H9FN4OS/c1-20-12-5-3-10-13(18-12)21-14-17-9(7-19(10)14)8-2-4-11(15)16-6-8/h2-7H,1H3/i15-1. The number of fused-ring (bicyclic) bond motifs is 3. The van der Waals surface area contributed by atoms with E-state index in [9.17, 15) is 4.39 Å². The average molecular weight is 299 g/mol. The number of imidazole rings is 1. The molecule has 7 heteroatoms. The molecule has 0 aliphatic carbocycles. The molecule has 21 heavy (non-hydrogen) atoms. The van der Waals surface area contributed by atoms with E-state index in [0.29, 0.717) is 5.88 Å². The molecule has 0 aliphatic heterocycles. The first-order valence-electron chi connectivity index (χ1n) is 6.19. The van der Waals surface area contributed by atoms with Gasteiger partial charge in [0.05, 0.1) is 18.3 Å². The van der Waals surface area contributed by atoms with Crippen molar-refractivity contribution in [2.45, 2.75) is 0 Å². The summed E-state index contributed by atoms with van der Waals surface area (Å²) < 4.78 is 20.0. The smallest absolute Gasteiger partial charge is 0.214 e. The molecule has 104 valence electrons. The van der Waals surface area contributed by atoms with Crippen LogP contribution in [0.2, 0.25) is 0 Å². The van der Waals surface area contributed by atoms with E-state index in [1.165, 1.54) is 23.6 Å². The highest BCUT2D eigenvalue weighted by molar-refractivity contribution is 7.23. The van der Waals surface area contributed by atoms with Gasteiger partial charge in [-0.15, -0.1) is 0 Å². The molecule has 4 aromatic heterocycles. The third kappa shape index (κ3) is 1.93. The molecule has 0 radical (unpaired) electrons. The third-order valence-corrected chi connectivity index (χ3v) is 4.13. The van der Waals surface area contributed by atoms with Crippen LogP contribution in [0, 0.1) is 5.95 Å². The van der Waals surface area contributed by atoms with Gasteiger partial charge in [0, 0.05) is 24.0 Å². The summed E-state index contributed by atoms with van der Waals surface area (Å²) in [7, 11) is 1.59. The maximum Gasteiger partial charge on any atom is 0.214 e. The van der Waals surface area contributed by atoms with Gasteiger partial charge in [0.15, 0.2) is 4.96 Å². The Labute approximate surface area is 122 Å². The summed E-state index contributed by atoms with van der Waals surface area (Å²) in [5.41, 5.74) is 2.50. The van der Waals surface area contributed by atoms with Crippen LogP contribution in [-0.4, -0.2) is 26.5 Å². The number of methoxy groups -OCH3 is 1. The van der Waals surface area contributed by atoms with E-state index in [0.717, 1.165) is 26.6 Å². The lowest BCUT2D eigenvalue weighted by Crippen LogP contribution is -1.87. The molecule has 0 N–H and O–H groups in total. The summed E-state index contributed by atoms with van der Waals surface area (Å²) in [6.07, 6.45) is 3.38. The van der Waals surface area contributed by atoms with Crippen molar-refractivity contribution in [1.29, 1.82) is 0 Å². The second kappa shape index (κ2) is 4.49. The number of hydrogen-bond donors (Lipinski definition) is 0. The normalized spacial score (nSPS) is 11.3. The van der Waals surface area contributed by atoms with E-state index >= 15 is 0 Å². The number of ether oxygens (including phenoxy) is 1. The van der Waals surface area contributed by atoms with Crippen molar-refractivity contribution in [2.75, 3.05) is 7.11 Å². The van der Waals surface area contributed by atoms with E-state index in [-0.39, 0.29) is 0 Å². The van der Waals surface area contributed by atoms with Gasteiger partial charge in [0.1, 0.15) is 4.83 Å².